The summed E-state index contributed by atoms with van der Waals surface area (Å²) in [7, 11) is 0. The third-order valence-corrected chi connectivity index (χ3v) is 4.80. The first kappa shape index (κ1) is 15.7. The molecule has 0 saturated heterocycles. The molecule has 0 fully saturated rings. The van der Waals surface area contributed by atoms with Crippen LogP contribution in [-0.4, -0.2) is 11.2 Å². The molecule has 1 aromatic heterocycles. The summed E-state index contributed by atoms with van der Waals surface area (Å²) in [6.45, 7) is 6.06. The molecule has 112 valence electrons. The lowest BCUT2D eigenvalue weighted by Gasteiger charge is -2.17. The number of carbonyl (C=O) groups is 1. The van der Waals surface area contributed by atoms with Gasteiger partial charge in [0.1, 0.15) is 5.76 Å². The highest BCUT2D eigenvalue weighted by Gasteiger charge is 2.19. The van der Waals surface area contributed by atoms with Crippen LogP contribution < -0.4 is 5.32 Å². The quantitative estimate of drug-likeness (QED) is 0.851. The average Bonchev–Trinajstić information content (AvgIpc) is 2.97. The van der Waals surface area contributed by atoms with Crippen LogP contribution in [0.1, 0.15) is 30.2 Å². The Kier molecular flexibility index (Phi) is 5.51. The van der Waals surface area contributed by atoms with Crippen molar-refractivity contribution < 1.29 is 9.21 Å². The molecule has 0 saturated carbocycles. The smallest absolute Gasteiger partial charge is 0.237 e. The van der Waals surface area contributed by atoms with Crippen LogP contribution in [0.25, 0.3) is 0 Å². The summed E-state index contributed by atoms with van der Waals surface area (Å²) >= 11 is 1.61. The van der Waals surface area contributed by atoms with Gasteiger partial charge in [-0.05, 0) is 43.5 Å². The summed E-state index contributed by atoms with van der Waals surface area (Å²) in [6.07, 6.45) is 2.45. The molecule has 1 heterocycles. The Hall–Kier alpha value is -1.68. The number of nitrogens with one attached hydrogen (secondary N) is 1. The molecule has 1 N–H and O–H groups in total. The highest BCUT2D eigenvalue weighted by molar-refractivity contribution is 7.99. The zero-order valence-corrected chi connectivity index (χ0v) is 13.5. The predicted molar refractivity (Wildman–Crippen MR) is 88.6 cm³/mol. The van der Waals surface area contributed by atoms with Gasteiger partial charge in [0.2, 0.25) is 5.91 Å². The predicted octanol–water partition coefficient (Wildman–Crippen LogP) is 4.55. The van der Waals surface area contributed by atoms with Crippen molar-refractivity contribution in [3.8, 4) is 0 Å². The number of anilines is 1. The average molecular weight is 303 g/mol. The minimum absolute atomic E-state index is 0.0615. The molecule has 21 heavy (non-hydrogen) atoms. The summed E-state index contributed by atoms with van der Waals surface area (Å²) in [5.74, 6) is 1.68. The van der Waals surface area contributed by atoms with E-state index in [1.54, 1.807) is 18.0 Å². The molecule has 1 unspecified atom stereocenters. The number of hydrogen-bond acceptors (Lipinski definition) is 3. The molecular formula is C17H21NO2S. The maximum atomic E-state index is 12.4. The Morgan fingerprint density at radius 2 is 1.95 bits per heavy atom. The van der Waals surface area contributed by atoms with Crippen molar-refractivity contribution in [1.82, 2.24) is 0 Å². The fourth-order valence-corrected chi connectivity index (χ4v) is 3.15. The van der Waals surface area contributed by atoms with E-state index in [0.29, 0.717) is 5.75 Å². The van der Waals surface area contributed by atoms with Gasteiger partial charge in [-0.1, -0.05) is 25.1 Å². The summed E-state index contributed by atoms with van der Waals surface area (Å²) < 4.78 is 5.31. The highest BCUT2D eigenvalue weighted by atomic mass is 32.2. The van der Waals surface area contributed by atoms with Gasteiger partial charge in [0.25, 0.3) is 0 Å². The number of amides is 1. The van der Waals surface area contributed by atoms with Crippen molar-refractivity contribution in [3.05, 3.63) is 53.5 Å². The Morgan fingerprint density at radius 3 is 2.52 bits per heavy atom. The molecule has 0 aliphatic rings. The molecule has 0 aliphatic heterocycles. The molecule has 1 amide bonds. The Balaban J connectivity index is 1.99. The van der Waals surface area contributed by atoms with E-state index in [0.717, 1.165) is 29.0 Å². The van der Waals surface area contributed by atoms with Crippen molar-refractivity contribution in [2.45, 2.75) is 38.2 Å². The van der Waals surface area contributed by atoms with E-state index in [1.165, 1.54) is 0 Å². The topological polar surface area (TPSA) is 42.2 Å². The van der Waals surface area contributed by atoms with Crippen molar-refractivity contribution >= 4 is 23.4 Å². The van der Waals surface area contributed by atoms with Gasteiger partial charge in [-0.25, -0.2) is 0 Å². The molecule has 3 nitrogen and oxygen atoms in total. The maximum Gasteiger partial charge on any atom is 0.237 e. The molecule has 2 rings (SSSR count). The van der Waals surface area contributed by atoms with Crippen molar-refractivity contribution in [1.29, 1.82) is 0 Å². The van der Waals surface area contributed by atoms with E-state index in [1.807, 2.05) is 51.1 Å². The maximum absolute atomic E-state index is 12.4. The second-order valence-electron chi connectivity index (χ2n) is 5.04. The molecular weight excluding hydrogens is 282 g/mol. The highest BCUT2D eigenvalue weighted by Crippen LogP contribution is 2.24. The van der Waals surface area contributed by atoms with Gasteiger partial charge < -0.3 is 9.73 Å². The molecule has 0 aliphatic carbocycles. The Bertz CT molecular complexity index is 573. The van der Waals surface area contributed by atoms with Crippen LogP contribution in [-0.2, 0) is 10.5 Å². The van der Waals surface area contributed by atoms with Gasteiger partial charge in [-0.2, -0.15) is 0 Å². The summed E-state index contributed by atoms with van der Waals surface area (Å²) in [5.41, 5.74) is 3.11. The minimum atomic E-state index is -0.0749. The van der Waals surface area contributed by atoms with Gasteiger partial charge in [-0.3, -0.25) is 4.79 Å². The lowest BCUT2D eigenvalue weighted by atomic mass is 10.1. The molecule has 1 atom stereocenters. The lowest BCUT2D eigenvalue weighted by molar-refractivity contribution is -0.115. The zero-order valence-electron chi connectivity index (χ0n) is 12.7. The second-order valence-corrected chi connectivity index (χ2v) is 6.23. The summed E-state index contributed by atoms with van der Waals surface area (Å²) in [5, 5.41) is 2.99. The van der Waals surface area contributed by atoms with E-state index >= 15 is 0 Å². The van der Waals surface area contributed by atoms with E-state index in [-0.39, 0.29) is 11.2 Å². The van der Waals surface area contributed by atoms with Crippen LogP contribution in [0.5, 0.6) is 0 Å². The molecule has 2 aromatic rings. The largest absolute Gasteiger partial charge is 0.468 e. The van der Waals surface area contributed by atoms with E-state index in [4.69, 9.17) is 4.42 Å². The molecule has 0 spiro atoms. The van der Waals surface area contributed by atoms with Crippen molar-refractivity contribution in [3.63, 3.8) is 0 Å². The fraction of sp³-hybridized carbons (Fsp3) is 0.353. The first-order chi connectivity index (χ1) is 10.1. The fourth-order valence-electron chi connectivity index (χ4n) is 2.17. The van der Waals surface area contributed by atoms with Gasteiger partial charge in [0.15, 0.2) is 0 Å². The van der Waals surface area contributed by atoms with Crippen LogP contribution in [0.2, 0.25) is 0 Å². The lowest BCUT2D eigenvalue weighted by Crippen LogP contribution is -2.25. The third kappa shape index (κ3) is 4.14. The summed E-state index contributed by atoms with van der Waals surface area (Å²) in [4.78, 5) is 12.4. The first-order valence-electron chi connectivity index (χ1n) is 7.13. The molecule has 0 radical (unpaired) electrons. The van der Waals surface area contributed by atoms with Gasteiger partial charge in [-0.15, -0.1) is 11.8 Å². The Morgan fingerprint density at radius 1 is 1.24 bits per heavy atom. The monoisotopic (exact) mass is 303 g/mol. The van der Waals surface area contributed by atoms with E-state index < -0.39 is 0 Å². The van der Waals surface area contributed by atoms with Crippen LogP contribution >= 0.6 is 11.8 Å². The van der Waals surface area contributed by atoms with E-state index in [9.17, 15) is 4.79 Å². The second kappa shape index (κ2) is 7.36. The number of thioether (sulfide) groups is 1. The number of hydrogen-bond donors (Lipinski definition) is 1. The standard InChI is InChI=1S/C17H21NO2S/c1-4-15(21-11-14-9-6-10-20-14)17(19)18-16-12(2)7-5-8-13(16)3/h5-10,15H,4,11H2,1-3H3,(H,18,19). The van der Waals surface area contributed by atoms with Crippen molar-refractivity contribution in [2.24, 2.45) is 0 Å². The summed E-state index contributed by atoms with van der Waals surface area (Å²) in [6, 6.07) is 9.83. The minimum Gasteiger partial charge on any atom is -0.468 e. The first-order valence-corrected chi connectivity index (χ1v) is 8.17. The normalized spacial score (nSPS) is 12.1. The van der Waals surface area contributed by atoms with Gasteiger partial charge >= 0.3 is 0 Å². The van der Waals surface area contributed by atoms with Gasteiger partial charge in [0, 0.05) is 5.69 Å². The number of furan rings is 1. The van der Waals surface area contributed by atoms with Crippen LogP contribution in [0, 0.1) is 13.8 Å². The van der Waals surface area contributed by atoms with E-state index in [2.05, 4.69) is 5.32 Å². The number of benzene rings is 1. The number of rotatable bonds is 6. The third-order valence-electron chi connectivity index (χ3n) is 3.40. The van der Waals surface area contributed by atoms with Gasteiger partial charge in [0.05, 0.1) is 17.3 Å². The SMILES string of the molecule is CCC(SCc1ccco1)C(=O)Nc1c(C)cccc1C. The van der Waals surface area contributed by atoms with Crippen LogP contribution in [0.3, 0.4) is 0 Å². The number of para-hydroxylation sites is 1. The zero-order chi connectivity index (χ0) is 15.2. The van der Waals surface area contributed by atoms with Crippen LogP contribution in [0.4, 0.5) is 5.69 Å². The number of aryl methyl sites for hydroxylation is 2. The Labute approximate surface area is 130 Å². The molecule has 4 heteroatoms. The van der Waals surface area contributed by atoms with Crippen molar-refractivity contribution in [2.75, 3.05) is 5.32 Å². The molecule has 1 aromatic carbocycles. The van der Waals surface area contributed by atoms with Crippen LogP contribution in [0.15, 0.2) is 41.0 Å². The molecule has 0 bridgehead atoms. The number of carbonyl (C=O) groups excluding carboxylic acids is 1.